The van der Waals surface area contributed by atoms with Gasteiger partial charge in [0, 0.05) is 19.6 Å². The highest BCUT2D eigenvalue weighted by Gasteiger charge is 2.25. The topological polar surface area (TPSA) is 75.7 Å². The van der Waals surface area contributed by atoms with E-state index in [4.69, 9.17) is 4.74 Å². The first-order valence-corrected chi connectivity index (χ1v) is 11.1. The molecule has 1 aliphatic heterocycles. The van der Waals surface area contributed by atoms with Crippen LogP contribution in [0.5, 0.6) is 5.75 Å². The average molecular weight is 391 g/mol. The van der Waals surface area contributed by atoms with Crippen LogP contribution in [0.1, 0.15) is 30.1 Å². The molecular formula is C20H26N2O4S. The highest BCUT2D eigenvalue weighted by Crippen LogP contribution is 2.28. The molecule has 0 unspecified atom stereocenters. The smallest absolute Gasteiger partial charge is 0.255 e. The normalized spacial score (nSPS) is 16.4. The van der Waals surface area contributed by atoms with Gasteiger partial charge in [0.05, 0.1) is 18.4 Å². The summed E-state index contributed by atoms with van der Waals surface area (Å²) in [7, 11) is -3.13. The summed E-state index contributed by atoms with van der Waals surface area (Å²) >= 11 is 0. The van der Waals surface area contributed by atoms with Crippen molar-refractivity contribution in [2.45, 2.75) is 19.8 Å². The molecule has 1 heterocycles. The van der Waals surface area contributed by atoms with Gasteiger partial charge in [-0.05, 0) is 42.5 Å². The summed E-state index contributed by atoms with van der Waals surface area (Å²) in [6.07, 6.45) is 2.74. The number of hydrogen-bond acceptors (Lipinski definition) is 4. The van der Waals surface area contributed by atoms with Gasteiger partial charge in [-0.1, -0.05) is 30.3 Å². The Morgan fingerprint density at radius 2 is 1.89 bits per heavy atom. The molecule has 0 atom stereocenters. The van der Waals surface area contributed by atoms with Gasteiger partial charge in [-0.15, -0.1) is 0 Å². The zero-order valence-corrected chi connectivity index (χ0v) is 16.6. The van der Waals surface area contributed by atoms with E-state index in [1.807, 2.05) is 43.3 Å². The number of carbonyl (C=O) groups is 1. The summed E-state index contributed by atoms with van der Waals surface area (Å²) in [4.78, 5) is 12.9. The van der Waals surface area contributed by atoms with Crippen molar-refractivity contribution in [3.8, 4) is 5.75 Å². The molecule has 1 aliphatic rings. The Kier molecular flexibility index (Phi) is 6.01. The molecule has 0 radical (unpaired) electrons. The molecule has 2 aromatic carbocycles. The van der Waals surface area contributed by atoms with Crippen LogP contribution < -0.4 is 10.1 Å². The van der Waals surface area contributed by atoms with Gasteiger partial charge >= 0.3 is 0 Å². The summed E-state index contributed by atoms with van der Waals surface area (Å²) in [5, 5.41) is 4.89. The van der Waals surface area contributed by atoms with Crippen LogP contribution in [-0.2, 0) is 10.0 Å². The number of nitrogens with zero attached hydrogens (tertiary/aromatic N) is 1. The fourth-order valence-electron chi connectivity index (χ4n) is 3.53. The van der Waals surface area contributed by atoms with E-state index >= 15 is 0 Å². The van der Waals surface area contributed by atoms with Crippen molar-refractivity contribution >= 4 is 26.7 Å². The lowest BCUT2D eigenvalue weighted by Crippen LogP contribution is -2.41. The molecule has 7 heteroatoms. The molecule has 0 spiro atoms. The molecule has 1 amide bonds. The monoisotopic (exact) mass is 390 g/mol. The first-order valence-electron chi connectivity index (χ1n) is 9.28. The number of fused-ring (bicyclic) bond motifs is 1. The van der Waals surface area contributed by atoms with Gasteiger partial charge in [0.1, 0.15) is 5.75 Å². The Balaban J connectivity index is 1.71. The third-order valence-corrected chi connectivity index (χ3v) is 6.31. The molecule has 27 heavy (non-hydrogen) atoms. The first-order chi connectivity index (χ1) is 12.9. The van der Waals surface area contributed by atoms with Gasteiger partial charge in [0.25, 0.3) is 5.91 Å². The number of benzene rings is 2. The second-order valence-corrected chi connectivity index (χ2v) is 8.89. The molecular weight excluding hydrogens is 364 g/mol. The minimum Gasteiger partial charge on any atom is -0.493 e. The minimum atomic E-state index is -3.13. The molecule has 6 nitrogen and oxygen atoms in total. The van der Waals surface area contributed by atoms with Crippen LogP contribution >= 0.6 is 0 Å². The van der Waals surface area contributed by atoms with E-state index in [1.54, 1.807) is 0 Å². The maximum absolute atomic E-state index is 12.9. The zero-order chi connectivity index (χ0) is 19.4. The van der Waals surface area contributed by atoms with E-state index < -0.39 is 10.0 Å². The van der Waals surface area contributed by atoms with Crippen molar-refractivity contribution in [2.75, 3.05) is 32.5 Å². The number of rotatable bonds is 6. The Labute approximate surface area is 160 Å². The number of ether oxygens (including phenoxy) is 1. The summed E-state index contributed by atoms with van der Waals surface area (Å²) in [5.74, 6) is 0.707. The van der Waals surface area contributed by atoms with Gasteiger partial charge in [-0.25, -0.2) is 12.7 Å². The van der Waals surface area contributed by atoms with Gasteiger partial charge in [0.2, 0.25) is 10.0 Å². The van der Waals surface area contributed by atoms with Crippen LogP contribution in [0.15, 0.2) is 36.4 Å². The summed E-state index contributed by atoms with van der Waals surface area (Å²) in [6, 6.07) is 11.6. The third kappa shape index (κ3) is 4.59. The van der Waals surface area contributed by atoms with Crippen LogP contribution in [0, 0.1) is 5.92 Å². The van der Waals surface area contributed by atoms with Crippen molar-refractivity contribution in [2.24, 2.45) is 5.92 Å². The van der Waals surface area contributed by atoms with Crippen LogP contribution in [-0.4, -0.2) is 51.1 Å². The summed E-state index contributed by atoms with van der Waals surface area (Å²) in [5.41, 5.74) is 0.559. The van der Waals surface area contributed by atoms with E-state index in [2.05, 4.69) is 5.32 Å². The largest absolute Gasteiger partial charge is 0.493 e. The van der Waals surface area contributed by atoms with E-state index in [0.29, 0.717) is 37.6 Å². The standard InChI is InChI=1S/C20H26N2O4S/c1-3-26-18-9-8-16-6-4-5-7-17(16)19(18)20(23)21-14-15-10-12-22(13-11-15)27(2,24)25/h4-9,15H,3,10-14H2,1-2H3,(H,21,23). The lowest BCUT2D eigenvalue weighted by Gasteiger charge is -2.30. The highest BCUT2D eigenvalue weighted by atomic mass is 32.2. The van der Waals surface area contributed by atoms with Crippen LogP contribution in [0.3, 0.4) is 0 Å². The molecule has 1 saturated heterocycles. The summed E-state index contributed by atoms with van der Waals surface area (Å²) < 4.78 is 30.4. The van der Waals surface area contributed by atoms with Crippen molar-refractivity contribution in [3.63, 3.8) is 0 Å². The molecule has 2 aromatic rings. The number of carbonyl (C=O) groups excluding carboxylic acids is 1. The van der Waals surface area contributed by atoms with Crippen molar-refractivity contribution in [3.05, 3.63) is 42.0 Å². The predicted octanol–water partition coefficient (Wildman–Crippen LogP) is 2.64. The van der Waals surface area contributed by atoms with E-state index in [0.717, 1.165) is 23.6 Å². The molecule has 146 valence electrons. The molecule has 0 aromatic heterocycles. The second-order valence-electron chi connectivity index (χ2n) is 6.91. The molecule has 1 N–H and O–H groups in total. The van der Waals surface area contributed by atoms with Gasteiger partial charge in [0.15, 0.2) is 0 Å². The quantitative estimate of drug-likeness (QED) is 0.823. The lowest BCUT2D eigenvalue weighted by atomic mass is 9.97. The first kappa shape index (κ1) is 19.6. The highest BCUT2D eigenvalue weighted by molar-refractivity contribution is 7.88. The SMILES string of the molecule is CCOc1ccc2ccccc2c1C(=O)NCC1CCN(S(C)(=O)=O)CC1. The number of amides is 1. The van der Waals surface area contributed by atoms with Gasteiger partial charge < -0.3 is 10.1 Å². The van der Waals surface area contributed by atoms with Crippen molar-refractivity contribution in [1.82, 2.24) is 9.62 Å². The van der Waals surface area contributed by atoms with Gasteiger partial charge in [-0.3, -0.25) is 4.79 Å². The molecule has 1 fully saturated rings. The second kappa shape index (κ2) is 8.27. The summed E-state index contributed by atoms with van der Waals surface area (Å²) in [6.45, 7) is 3.94. The van der Waals surface area contributed by atoms with Crippen molar-refractivity contribution < 1.29 is 17.9 Å². The Hall–Kier alpha value is -2.12. The van der Waals surface area contributed by atoms with E-state index in [9.17, 15) is 13.2 Å². The van der Waals surface area contributed by atoms with Crippen LogP contribution in [0.25, 0.3) is 10.8 Å². The minimum absolute atomic E-state index is 0.152. The van der Waals surface area contributed by atoms with Crippen LogP contribution in [0.4, 0.5) is 0 Å². The predicted molar refractivity (Wildman–Crippen MR) is 107 cm³/mol. The lowest BCUT2D eigenvalue weighted by molar-refractivity contribution is 0.0939. The average Bonchev–Trinajstić information content (AvgIpc) is 2.66. The molecule has 0 aliphatic carbocycles. The number of sulfonamides is 1. The zero-order valence-electron chi connectivity index (χ0n) is 15.8. The molecule has 0 bridgehead atoms. The number of hydrogen-bond donors (Lipinski definition) is 1. The molecule has 0 saturated carbocycles. The van der Waals surface area contributed by atoms with E-state index in [1.165, 1.54) is 10.6 Å². The number of nitrogens with one attached hydrogen (secondary N) is 1. The molecule has 3 rings (SSSR count). The fourth-order valence-corrected chi connectivity index (χ4v) is 4.41. The Bertz CT molecular complexity index is 919. The van der Waals surface area contributed by atoms with Gasteiger partial charge in [-0.2, -0.15) is 0 Å². The maximum atomic E-state index is 12.9. The Morgan fingerprint density at radius 3 is 2.56 bits per heavy atom. The third-order valence-electron chi connectivity index (χ3n) is 5.01. The maximum Gasteiger partial charge on any atom is 0.255 e. The fraction of sp³-hybridized carbons (Fsp3) is 0.450. The van der Waals surface area contributed by atoms with Crippen molar-refractivity contribution in [1.29, 1.82) is 0 Å². The number of piperidine rings is 1. The Morgan fingerprint density at radius 1 is 1.19 bits per heavy atom. The van der Waals surface area contributed by atoms with E-state index in [-0.39, 0.29) is 11.8 Å². The van der Waals surface area contributed by atoms with Crippen LogP contribution in [0.2, 0.25) is 0 Å².